The summed E-state index contributed by atoms with van der Waals surface area (Å²) in [5.41, 5.74) is 0. The van der Waals surface area contributed by atoms with Gasteiger partial charge < -0.3 is 14.2 Å². The van der Waals surface area contributed by atoms with Crippen molar-refractivity contribution in [1.29, 1.82) is 0 Å². The molecule has 320 valence electrons. The summed E-state index contributed by atoms with van der Waals surface area (Å²) in [5.74, 6) is 0.710. The number of hydrogen-bond acceptors (Lipinski definition) is 6. The van der Waals surface area contributed by atoms with E-state index < -0.39 is 6.10 Å². The fraction of sp³-hybridized carbons (Fsp3) is 0.938. The van der Waals surface area contributed by atoms with Gasteiger partial charge in [-0.05, 0) is 31.1 Å². The van der Waals surface area contributed by atoms with Crippen LogP contribution in [0.1, 0.15) is 259 Å². The van der Waals surface area contributed by atoms with Crippen molar-refractivity contribution in [2.24, 2.45) is 11.8 Å². The Morgan fingerprint density at radius 3 is 1.06 bits per heavy atom. The van der Waals surface area contributed by atoms with Gasteiger partial charge in [-0.25, -0.2) is 0 Å². The summed E-state index contributed by atoms with van der Waals surface area (Å²) >= 11 is 0. The Balaban J connectivity index is 4.25. The molecule has 0 heterocycles. The predicted octanol–water partition coefficient (Wildman–Crippen LogP) is 15.0. The zero-order valence-corrected chi connectivity index (χ0v) is 36.8. The van der Waals surface area contributed by atoms with Crippen LogP contribution in [-0.2, 0) is 28.6 Å². The highest BCUT2D eigenvalue weighted by Gasteiger charge is 2.19. The summed E-state index contributed by atoms with van der Waals surface area (Å²) in [6.07, 6.45) is 39.6. The molecule has 6 heteroatoms. The van der Waals surface area contributed by atoms with Crippen molar-refractivity contribution >= 4 is 17.9 Å². The molecular formula is C48H92O6. The van der Waals surface area contributed by atoms with Crippen molar-refractivity contribution in [2.45, 2.75) is 265 Å². The van der Waals surface area contributed by atoms with Gasteiger partial charge in [0.1, 0.15) is 13.2 Å². The highest BCUT2D eigenvalue weighted by molar-refractivity contribution is 5.71. The third-order valence-corrected chi connectivity index (χ3v) is 11.1. The number of hydrogen-bond donors (Lipinski definition) is 0. The Kier molecular flexibility index (Phi) is 39.8. The first-order chi connectivity index (χ1) is 26.3. The second-order valence-electron chi connectivity index (χ2n) is 17.1. The maximum Gasteiger partial charge on any atom is 0.306 e. The first kappa shape index (κ1) is 52.4. The maximum absolute atomic E-state index is 12.7. The van der Waals surface area contributed by atoms with E-state index in [9.17, 15) is 14.4 Å². The lowest BCUT2D eigenvalue weighted by Crippen LogP contribution is -2.30. The Morgan fingerprint density at radius 2 is 0.704 bits per heavy atom. The zero-order chi connectivity index (χ0) is 39.7. The summed E-state index contributed by atoms with van der Waals surface area (Å²) in [6, 6.07) is 0. The Labute approximate surface area is 336 Å². The van der Waals surface area contributed by atoms with Crippen LogP contribution in [0.25, 0.3) is 0 Å². The number of rotatable bonds is 42. The summed E-state index contributed by atoms with van der Waals surface area (Å²) in [4.78, 5) is 37.7. The number of esters is 3. The normalized spacial score (nSPS) is 12.6. The fourth-order valence-electron chi connectivity index (χ4n) is 7.07. The molecule has 2 atom stereocenters. The topological polar surface area (TPSA) is 78.9 Å². The van der Waals surface area contributed by atoms with Gasteiger partial charge in [0.05, 0.1) is 0 Å². The first-order valence-electron chi connectivity index (χ1n) is 23.8. The Bertz CT molecular complexity index is 826. The number of carbonyl (C=O) groups excluding carboxylic acids is 3. The van der Waals surface area contributed by atoms with Crippen LogP contribution < -0.4 is 0 Å². The Morgan fingerprint density at radius 1 is 0.389 bits per heavy atom. The van der Waals surface area contributed by atoms with Crippen LogP contribution in [-0.4, -0.2) is 37.2 Å². The van der Waals surface area contributed by atoms with Crippen LogP contribution >= 0.6 is 0 Å². The van der Waals surface area contributed by atoms with Gasteiger partial charge in [-0.15, -0.1) is 0 Å². The highest BCUT2D eigenvalue weighted by Crippen LogP contribution is 2.17. The molecule has 0 aliphatic carbocycles. The largest absolute Gasteiger partial charge is 0.462 e. The predicted molar refractivity (Wildman–Crippen MR) is 229 cm³/mol. The average Bonchev–Trinajstić information content (AvgIpc) is 3.15. The molecule has 0 amide bonds. The van der Waals surface area contributed by atoms with E-state index in [0.29, 0.717) is 19.3 Å². The van der Waals surface area contributed by atoms with E-state index in [1.807, 2.05) is 0 Å². The number of unbranched alkanes of at least 4 members (excludes halogenated alkanes) is 26. The van der Waals surface area contributed by atoms with Gasteiger partial charge in [0.15, 0.2) is 6.10 Å². The average molecular weight is 765 g/mol. The van der Waals surface area contributed by atoms with Crippen LogP contribution in [0.3, 0.4) is 0 Å². The lowest BCUT2D eigenvalue weighted by atomic mass is 10.00. The molecule has 0 saturated heterocycles. The van der Waals surface area contributed by atoms with E-state index in [-0.39, 0.29) is 31.1 Å². The summed E-state index contributed by atoms with van der Waals surface area (Å²) in [7, 11) is 0. The third kappa shape index (κ3) is 40.1. The minimum atomic E-state index is -0.762. The van der Waals surface area contributed by atoms with Crippen molar-refractivity contribution < 1.29 is 28.6 Å². The molecule has 6 nitrogen and oxygen atoms in total. The van der Waals surface area contributed by atoms with Gasteiger partial charge in [-0.2, -0.15) is 0 Å². The van der Waals surface area contributed by atoms with Crippen LogP contribution in [0.5, 0.6) is 0 Å². The summed E-state index contributed by atoms with van der Waals surface area (Å²) < 4.78 is 16.7. The van der Waals surface area contributed by atoms with Gasteiger partial charge in [-0.3, -0.25) is 14.4 Å². The van der Waals surface area contributed by atoms with E-state index >= 15 is 0 Å². The standard InChI is InChI=1S/C48H92O6/c1-6-8-9-10-11-12-13-14-15-16-17-18-19-20-21-28-33-38-46(49)52-41-45(42-53-47(50)39-34-29-24-22-26-31-36-43(3)4)54-48(51)40-35-30-25-23-27-32-37-44(5)7-2/h43-45H,6-42H2,1-5H3/t44?,45-/m1/s1. The molecule has 0 saturated carbocycles. The zero-order valence-electron chi connectivity index (χ0n) is 36.8. The van der Waals surface area contributed by atoms with Gasteiger partial charge in [0, 0.05) is 19.3 Å². The van der Waals surface area contributed by atoms with Crippen molar-refractivity contribution in [3.8, 4) is 0 Å². The molecule has 0 aromatic heterocycles. The monoisotopic (exact) mass is 765 g/mol. The van der Waals surface area contributed by atoms with Crippen LogP contribution in [0.15, 0.2) is 0 Å². The molecule has 0 bridgehead atoms. The third-order valence-electron chi connectivity index (χ3n) is 11.1. The summed E-state index contributed by atoms with van der Waals surface area (Å²) in [6.45, 7) is 11.3. The minimum absolute atomic E-state index is 0.0661. The van der Waals surface area contributed by atoms with E-state index in [0.717, 1.165) is 69.6 Å². The second kappa shape index (κ2) is 41.1. The van der Waals surface area contributed by atoms with Gasteiger partial charge >= 0.3 is 17.9 Å². The maximum atomic E-state index is 12.7. The SMILES string of the molecule is CCCCCCCCCCCCCCCCCCCC(=O)OC[C@H](COC(=O)CCCCCCCCC(C)C)OC(=O)CCCCCCCCC(C)CC. The smallest absolute Gasteiger partial charge is 0.306 e. The first-order valence-corrected chi connectivity index (χ1v) is 23.8. The molecular weight excluding hydrogens is 673 g/mol. The lowest BCUT2D eigenvalue weighted by molar-refractivity contribution is -0.167. The van der Waals surface area contributed by atoms with E-state index in [1.165, 1.54) is 148 Å². The molecule has 0 rings (SSSR count). The van der Waals surface area contributed by atoms with E-state index in [2.05, 4.69) is 34.6 Å². The molecule has 1 unspecified atom stereocenters. The van der Waals surface area contributed by atoms with Crippen molar-refractivity contribution in [2.75, 3.05) is 13.2 Å². The molecule has 0 radical (unpaired) electrons. The molecule has 0 aromatic rings. The van der Waals surface area contributed by atoms with Crippen LogP contribution in [0.4, 0.5) is 0 Å². The second-order valence-corrected chi connectivity index (χ2v) is 17.1. The quantitative estimate of drug-likeness (QED) is 0.0350. The Hall–Kier alpha value is -1.59. The lowest BCUT2D eigenvalue weighted by Gasteiger charge is -2.18. The summed E-state index contributed by atoms with van der Waals surface area (Å²) in [5, 5.41) is 0. The molecule has 0 aromatic carbocycles. The van der Waals surface area contributed by atoms with Gasteiger partial charge in [0.25, 0.3) is 0 Å². The van der Waals surface area contributed by atoms with Gasteiger partial charge in [0.2, 0.25) is 0 Å². The van der Waals surface area contributed by atoms with Crippen molar-refractivity contribution in [3.05, 3.63) is 0 Å². The van der Waals surface area contributed by atoms with Gasteiger partial charge in [-0.1, -0.05) is 221 Å². The molecule has 54 heavy (non-hydrogen) atoms. The number of ether oxygens (including phenoxy) is 3. The number of carbonyl (C=O) groups is 3. The minimum Gasteiger partial charge on any atom is -0.462 e. The van der Waals surface area contributed by atoms with E-state index in [1.54, 1.807) is 0 Å². The molecule has 0 aliphatic heterocycles. The molecule has 0 spiro atoms. The van der Waals surface area contributed by atoms with Crippen LogP contribution in [0, 0.1) is 11.8 Å². The molecule has 0 fully saturated rings. The van der Waals surface area contributed by atoms with Crippen molar-refractivity contribution in [3.63, 3.8) is 0 Å². The van der Waals surface area contributed by atoms with E-state index in [4.69, 9.17) is 14.2 Å². The fourth-order valence-corrected chi connectivity index (χ4v) is 7.07. The van der Waals surface area contributed by atoms with Crippen molar-refractivity contribution in [1.82, 2.24) is 0 Å². The van der Waals surface area contributed by atoms with Crippen LogP contribution in [0.2, 0.25) is 0 Å². The highest BCUT2D eigenvalue weighted by atomic mass is 16.6. The molecule has 0 aliphatic rings. The molecule has 0 N–H and O–H groups in total.